The van der Waals surface area contributed by atoms with Gasteiger partial charge in [-0.15, -0.1) is 0 Å². The molecular formula is C66H44N2. The zero-order valence-corrected chi connectivity index (χ0v) is 37.3. The fraction of sp³-hybridized carbons (Fsp3) is 0. The standard InChI is InChI=1S/C66H44N2/c1-3-15-49-42-58(36-31-47(49)13-1)67(65-61-21-9-5-17-53(61)40-54-18-6-10-22-62(54)65)57-34-28-45(29-35-57)25-26-46-27-30-52-44-60(38-33-51(52)39-46)68(59-37-32-48-14-2-4-16-50(48)43-59)66-63-23-11-7-19-55(63)41-56-20-8-12-24-64(56)66/h1-44H. The van der Waals surface area contributed by atoms with Gasteiger partial charge < -0.3 is 9.80 Å². The van der Waals surface area contributed by atoms with Crippen molar-refractivity contribution in [2.24, 2.45) is 0 Å². The molecule has 0 aromatic heterocycles. The summed E-state index contributed by atoms with van der Waals surface area (Å²) in [5, 5.41) is 17.0. The molecule has 0 radical (unpaired) electrons. The Balaban J connectivity index is 0.867. The second-order valence-corrected chi connectivity index (χ2v) is 17.8. The summed E-state index contributed by atoms with van der Waals surface area (Å²) >= 11 is 0. The van der Waals surface area contributed by atoms with Crippen LogP contribution in [0.15, 0.2) is 255 Å². The molecule has 2 nitrogen and oxygen atoms in total. The Morgan fingerprint density at radius 2 is 0.500 bits per heavy atom. The molecule has 318 valence electrons. The van der Waals surface area contributed by atoms with Crippen LogP contribution in [0.3, 0.4) is 0 Å². The highest BCUT2D eigenvalue weighted by molar-refractivity contribution is 6.16. The number of hydrogen-bond donors (Lipinski definition) is 0. The van der Waals surface area contributed by atoms with E-state index in [1.54, 1.807) is 0 Å². The van der Waals surface area contributed by atoms with Crippen LogP contribution in [0.1, 0.15) is 11.1 Å². The van der Waals surface area contributed by atoms with Crippen molar-refractivity contribution in [2.45, 2.75) is 0 Å². The summed E-state index contributed by atoms with van der Waals surface area (Å²) in [5.74, 6) is 0. The third-order valence-electron chi connectivity index (χ3n) is 13.6. The number of fused-ring (bicyclic) bond motifs is 7. The maximum Gasteiger partial charge on any atom is 0.0618 e. The molecule has 13 aromatic carbocycles. The van der Waals surface area contributed by atoms with E-state index in [1.165, 1.54) is 86.8 Å². The lowest BCUT2D eigenvalue weighted by atomic mass is 9.98. The molecule has 0 bridgehead atoms. The van der Waals surface area contributed by atoms with Crippen molar-refractivity contribution >= 4 is 122 Å². The number of hydrogen-bond acceptors (Lipinski definition) is 2. The Kier molecular flexibility index (Phi) is 9.54. The van der Waals surface area contributed by atoms with Crippen molar-refractivity contribution in [2.75, 3.05) is 9.80 Å². The van der Waals surface area contributed by atoms with Crippen LogP contribution in [0, 0.1) is 0 Å². The second-order valence-electron chi connectivity index (χ2n) is 17.8. The Morgan fingerprint density at radius 1 is 0.206 bits per heavy atom. The number of rotatable bonds is 8. The van der Waals surface area contributed by atoms with Gasteiger partial charge in [0.1, 0.15) is 0 Å². The van der Waals surface area contributed by atoms with E-state index in [2.05, 4.69) is 277 Å². The Hall–Kier alpha value is -8.98. The fourth-order valence-electron chi connectivity index (χ4n) is 10.3. The minimum atomic E-state index is 1.11. The van der Waals surface area contributed by atoms with Crippen LogP contribution in [-0.2, 0) is 0 Å². The Labute approximate surface area is 395 Å². The van der Waals surface area contributed by atoms with Gasteiger partial charge in [-0.2, -0.15) is 0 Å². The van der Waals surface area contributed by atoms with Crippen molar-refractivity contribution in [3.8, 4) is 0 Å². The molecule has 0 heterocycles. The summed E-state index contributed by atoms with van der Waals surface area (Å²) in [6.07, 6.45) is 4.45. The molecule has 13 rings (SSSR count). The minimum Gasteiger partial charge on any atom is -0.309 e. The minimum absolute atomic E-state index is 1.11. The molecule has 13 aromatic rings. The Bertz CT molecular complexity index is 4000. The molecule has 0 saturated heterocycles. The highest BCUT2D eigenvalue weighted by Crippen LogP contribution is 2.47. The molecule has 0 aliphatic heterocycles. The SMILES string of the molecule is C(=Cc1ccc2cc(N(c3ccc4ccccc4c3)c3c4ccccc4cc4ccccc34)ccc2c1)c1ccc(N(c2ccc3ccccc3c2)c2c3ccccc3cc3ccccc23)cc1. The summed E-state index contributed by atoms with van der Waals surface area (Å²) in [6, 6.07) is 93.2. The predicted molar refractivity (Wildman–Crippen MR) is 294 cm³/mol. The summed E-state index contributed by atoms with van der Waals surface area (Å²) in [4.78, 5) is 4.89. The largest absolute Gasteiger partial charge is 0.309 e. The summed E-state index contributed by atoms with van der Waals surface area (Å²) < 4.78 is 0. The maximum absolute atomic E-state index is 2.46. The molecule has 0 amide bonds. The zero-order chi connectivity index (χ0) is 45.0. The van der Waals surface area contributed by atoms with Gasteiger partial charge in [0.05, 0.1) is 11.4 Å². The van der Waals surface area contributed by atoms with Crippen LogP contribution < -0.4 is 9.80 Å². The van der Waals surface area contributed by atoms with Crippen molar-refractivity contribution < 1.29 is 0 Å². The van der Waals surface area contributed by atoms with Crippen LogP contribution >= 0.6 is 0 Å². The molecule has 0 saturated carbocycles. The fourth-order valence-corrected chi connectivity index (χ4v) is 10.3. The first kappa shape index (κ1) is 39.4. The smallest absolute Gasteiger partial charge is 0.0618 e. The highest BCUT2D eigenvalue weighted by Gasteiger charge is 2.21. The van der Waals surface area contributed by atoms with Crippen LogP contribution in [0.25, 0.3) is 87.6 Å². The zero-order valence-electron chi connectivity index (χ0n) is 37.3. The van der Waals surface area contributed by atoms with Crippen LogP contribution in [0.4, 0.5) is 34.1 Å². The highest BCUT2D eigenvalue weighted by atomic mass is 15.2. The van der Waals surface area contributed by atoms with E-state index < -0.39 is 0 Å². The lowest BCUT2D eigenvalue weighted by Crippen LogP contribution is -2.11. The third-order valence-corrected chi connectivity index (χ3v) is 13.6. The first-order chi connectivity index (χ1) is 33.7. The molecule has 0 N–H and O–H groups in total. The molecule has 0 atom stereocenters. The number of benzene rings is 13. The van der Waals surface area contributed by atoms with Crippen molar-refractivity contribution in [1.29, 1.82) is 0 Å². The molecule has 0 unspecified atom stereocenters. The van der Waals surface area contributed by atoms with Gasteiger partial charge in [-0.25, -0.2) is 0 Å². The summed E-state index contributed by atoms with van der Waals surface area (Å²) in [7, 11) is 0. The van der Waals surface area contributed by atoms with Crippen molar-refractivity contribution in [3.05, 3.63) is 266 Å². The number of anilines is 6. The monoisotopic (exact) mass is 864 g/mol. The van der Waals surface area contributed by atoms with Gasteiger partial charge in [-0.3, -0.25) is 0 Å². The van der Waals surface area contributed by atoms with Gasteiger partial charge in [0.25, 0.3) is 0 Å². The van der Waals surface area contributed by atoms with E-state index in [9.17, 15) is 0 Å². The molecular weight excluding hydrogens is 821 g/mol. The van der Waals surface area contributed by atoms with Crippen molar-refractivity contribution in [3.63, 3.8) is 0 Å². The quantitative estimate of drug-likeness (QED) is 0.111. The normalized spacial score (nSPS) is 11.8. The van der Waals surface area contributed by atoms with E-state index >= 15 is 0 Å². The second kappa shape index (κ2) is 16.5. The van der Waals surface area contributed by atoms with Gasteiger partial charge in [0, 0.05) is 44.3 Å². The first-order valence-corrected chi connectivity index (χ1v) is 23.4. The van der Waals surface area contributed by atoms with Gasteiger partial charge in [0.2, 0.25) is 0 Å². The average Bonchev–Trinajstić information content (AvgIpc) is 3.40. The summed E-state index contributed by atoms with van der Waals surface area (Å²) in [5.41, 5.74) is 9.13. The van der Waals surface area contributed by atoms with Gasteiger partial charge >= 0.3 is 0 Å². The van der Waals surface area contributed by atoms with E-state index in [0.29, 0.717) is 0 Å². The van der Waals surface area contributed by atoms with Gasteiger partial charge in [-0.1, -0.05) is 200 Å². The van der Waals surface area contributed by atoms with Gasteiger partial charge in [-0.05, 0) is 132 Å². The average molecular weight is 865 g/mol. The number of nitrogens with zero attached hydrogens (tertiary/aromatic N) is 2. The molecule has 0 aliphatic rings. The van der Waals surface area contributed by atoms with E-state index in [0.717, 1.165) is 33.9 Å². The first-order valence-electron chi connectivity index (χ1n) is 23.4. The predicted octanol–water partition coefficient (Wildman–Crippen LogP) is 18.9. The van der Waals surface area contributed by atoms with Gasteiger partial charge in [0.15, 0.2) is 0 Å². The van der Waals surface area contributed by atoms with E-state index in [1.807, 2.05) is 0 Å². The molecule has 68 heavy (non-hydrogen) atoms. The van der Waals surface area contributed by atoms with E-state index in [4.69, 9.17) is 0 Å². The topological polar surface area (TPSA) is 6.48 Å². The van der Waals surface area contributed by atoms with Crippen LogP contribution in [-0.4, -0.2) is 0 Å². The lowest BCUT2D eigenvalue weighted by molar-refractivity contribution is 1.31. The van der Waals surface area contributed by atoms with Crippen LogP contribution in [0.2, 0.25) is 0 Å². The van der Waals surface area contributed by atoms with Crippen LogP contribution in [0.5, 0.6) is 0 Å². The third kappa shape index (κ3) is 6.99. The Morgan fingerprint density at radius 3 is 0.956 bits per heavy atom. The molecule has 0 fully saturated rings. The molecule has 2 heteroatoms. The molecule has 0 aliphatic carbocycles. The molecule has 0 spiro atoms. The maximum atomic E-state index is 2.46. The van der Waals surface area contributed by atoms with E-state index in [-0.39, 0.29) is 0 Å². The lowest BCUT2D eigenvalue weighted by Gasteiger charge is -2.29. The summed E-state index contributed by atoms with van der Waals surface area (Å²) in [6.45, 7) is 0. The van der Waals surface area contributed by atoms with Crippen molar-refractivity contribution in [1.82, 2.24) is 0 Å².